The average molecular weight is 271 g/mol. The van der Waals surface area contributed by atoms with Crippen LogP contribution in [-0.4, -0.2) is 0 Å². The van der Waals surface area contributed by atoms with E-state index in [9.17, 15) is 0 Å². The summed E-state index contributed by atoms with van der Waals surface area (Å²) >= 11 is 0. The van der Waals surface area contributed by atoms with Gasteiger partial charge in [-0.25, -0.2) is 0 Å². The molecule has 102 valence electrons. The van der Waals surface area contributed by atoms with Gasteiger partial charge in [-0.15, -0.1) is 0 Å². The highest BCUT2D eigenvalue weighted by atomic mass is 14.6. The molecule has 0 spiro atoms. The number of para-hydroxylation sites is 1. The SMILES string of the molecule is C=Cc1cccc(-c2ccc(-c3ccccc3)cc2)c1N. The van der Waals surface area contributed by atoms with Crippen LogP contribution in [0, 0.1) is 0 Å². The fourth-order valence-corrected chi connectivity index (χ4v) is 2.49. The smallest absolute Gasteiger partial charge is 0.0467 e. The third kappa shape index (κ3) is 2.59. The summed E-state index contributed by atoms with van der Waals surface area (Å²) in [5.74, 6) is 0. The lowest BCUT2D eigenvalue weighted by atomic mass is 9.97. The molecule has 0 aliphatic heterocycles. The summed E-state index contributed by atoms with van der Waals surface area (Å²) in [5.41, 5.74) is 12.5. The molecule has 0 fully saturated rings. The Labute approximate surface area is 125 Å². The largest absolute Gasteiger partial charge is 0.398 e. The van der Waals surface area contributed by atoms with Gasteiger partial charge in [0.25, 0.3) is 0 Å². The van der Waals surface area contributed by atoms with Crippen molar-refractivity contribution < 1.29 is 0 Å². The Balaban J connectivity index is 2.00. The van der Waals surface area contributed by atoms with Crippen LogP contribution in [0.1, 0.15) is 5.56 Å². The molecule has 21 heavy (non-hydrogen) atoms. The molecule has 0 heterocycles. The molecule has 0 saturated heterocycles. The molecule has 0 unspecified atom stereocenters. The summed E-state index contributed by atoms with van der Waals surface area (Å²) in [7, 11) is 0. The van der Waals surface area contributed by atoms with Crippen LogP contribution in [0.2, 0.25) is 0 Å². The van der Waals surface area contributed by atoms with Crippen molar-refractivity contribution in [1.29, 1.82) is 0 Å². The van der Waals surface area contributed by atoms with E-state index >= 15 is 0 Å². The van der Waals surface area contributed by atoms with Crippen molar-refractivity contribution in [2.24, 2.45) is 0 Å². The third-order valence-electron chi connectivity index (χ3n) is 3.66. The van der Waals surface area contributed by atoms with E-state index in [2.05, 4.69) is 55.1 Å². The van der Waals surface area contributed by atoms with Gasteiger partial charge in [-0.2, -0.15) is 0 Å². The summed E-state index contributed by atoms with van der Waals surface area (Å²) in [6.07, 6.45) is 1.79. The highest BCUT2D eigenvalue weighted by Crippen LogP contribution is 2.30. The zero-order valence-corrected chi connectivity index (χ0v) is 11.8. The molecule has 0 atom stereocenters. The van der Waals surface area contributed by atoms with Crippen molar-refractivity contribution in [3.05, 3.63) is 84.9 Å². The predicted molar refractivity (Wildman–Crippen MR) is 91.8 cm³/mol. The number of nitrogen functional groups attached to an aromatic ring is 1. The van der Waals surface area contributed by atoms with E-state index in [-0.39, 0.29) is 0 Å². The number of anilines is 1. The number of hydrogen-bond acceptors (Lipinski definition) is 1. The molecular formula is C20H17N. The van der Waals surface area contributed by atoms with Gasteiger partial charge in [0.2, 0.25) is 0 Å². The van der Waals surface area contributed by atoms with Crippen molar-refractivity contribution in [1.82, 2.24) is 0 Å². The first kappa shape index (κ1) is 13.2. The van der Waals surface area contributed by atoms with E-state index in [4.69, 9.17) is 5.73 Å². The van der Waals surface area contributed by atoms with Crippen LogP contribution < -0.4 is 5.73 Å². The second-order valence-corrected chi connectivity index (χ2v) is 4.96. The van der Waals surface area contributed by atoms with Crippen molar-refractivity contribution in [2.45, 2.75) is 0 Å². The summed E-state index contributed by atoms with van der Waals surface area (Å²) in [6.45, 7) is 3.80. The van der Waals surface area contributed by atoms with E-state index in [1.807, 2.05) is 24.3 Å². The number of rotatable bonds is 3. The molecule has 0 saturated carbocycles. The highest BCUT2D eigenvalue weighted by Gasteiger charge is 2.05. The molecule has 0 amide bonds. The van der Waals surface area contributed by atoms with Crippen molar-refractivity contribution in [2.75, 3.05) is 5.73 Å². The van der Waals surface area contributed by atoms with Gasteiger partial charge in [-0.05, 0) is 22.3 Å². The lowest BCUT2D eigenvalue weighted by Gasteiger charge is -2.10. The van der Waals surface area contributed by atoms with Gasteiger partial charge in [0.05, 0.1) is 0 Å². The lowest BCUT2D eigenvalue weighted by molar-refractivity contribution is 1.57. The molecule has 1 heteroatoms. The van der Waals surface area contributed by atoms with Gasteiger partial charge in [0.1, 0.15) is 0 Å². The van der Waals surface area contributed by atoms with Crippen molar-refractivity contribution in [3.63, 3.8) is 0 Å². The van der Waals surface area contributed by atoms with E-state index in [1.165, 1.54) is 11.1 Å². The quantitative estimate of drug-likeness (QED) is 0.647. The van der Waals surface area contributed by atoms with Crippen molar-refractivity contribution in [3.8, 4) is 22.3 Å². The summed E-state index contributed by atoms with van der Waals surface area (Å²) in [4.78, 5) is 0. The van der Waals surface area contributed by atoms with Gasteiger partial charge in [-0.3, -0.25) is 0 Å². The zero-order valence-electron chi connectivity index (χ0n) is 11.8. The Hall–Kier alpha value is -2.80. The Kier molecular flexibility index (Phi) is 3.57. The normalized spacial score (nSPS) is 10.3. The van der Waals surface area contributed by atoms with Crippen LogP contribution in [0.3, 0.4) is 0 Å². The van der Waals surface area contributed by atoms with E-state index in [0.717, 1.165) is 22.4 Å². The monoisotopic (exact) mass is 271 g/mol. The Morgan fingerprint density at radius 2 is 1.29 bits per heavy atom. The zero-order chi connectivity index (χ0) is 14.7. The van der Waals surface area contributed by atoms with Gasteiger partial charge in [0, 0.05) is 11.3 Å². The van der Waals surface area contributed by atoms with E-state index in [1.54, 1.807) is 6.08 Å². The number of benzene rings is 3. The second kappa shape index (κ2) is 5.68. The maximum absolute atomic E-state index is 6.20. The fourth-order valence-electron chi connectivity index (χ4n) is 2.49. The lowest BCUT2D eigenvalue weighted by Crippen LogP contribution is -1.93. The first-order valence-corrected chi connectivity index (χ1v) is 6.96. The molecule has 3 rings (SSSR count). The van der Waals surface area contributed by atoms with Gasteiger partial charge >= 0.3 is 0 Å². The van der Waals surface area contributed by atoms with Gasteiger partial charge in [0.15, 0.2) is 0 Å². The van der Waals surface area contributed by atoms with E-state index < -0.39 is 0 Å². The Morgan fingerprint density at radius 1 is 0.667 bits per heavy atom. The molecule has 1 nitrogen and oxygen atoms in total. The fraction of sp³-hybridized carbons (Fsp3) is 0. The summed E-state index contributed by atoms with van der Waals surface area (Å²) in [5, 5.41) is 0. The maximum Gasteiger partial charge on any atom is 0.0467 e. The standard InChI is InChI=1S/C20H17N/c1-2-15-9-6-10-19(20(15)21)18-13-11-17(12-14-18)16-7-4-3-5-8-16/h2-14H,1,21H2. The second-order valence-electron chi connectivity index (χ2n) is 4.96. The van der Waals surface area contributed by atoms with Gasteiger partial charge < -0.3 is 5.73 Å². The summed E-state index contributed by atoms with van der Waals surface area (Å²) < 4.78 is 0. The first-order chi connectivity index (χ1) is 10.3. The first-order valence-electron chi connectivity index (χ1n) is 6.96. The Bertz CT molecular complexity index is 756. The topological polar surface area (TPSA) is 26.0 Å². The molecule has 0 aromatic heterocycles. The summed E-state index contributed by atoms with van der Waals surface area (Å²) in [6, 6.07) is 24.9. The molecule has 0 radical (unpaired) electrons. The number of nitrogens with two attached hydrogens (primary N) is 1. The van der Waals surface area contributed by atoms with Crippen LogP contribution >= 0.6 is 0 Å². The minimum absolute atomic E-state index is 0.778. The predicted octanol–water partition coefficient (Wildman–Crippen LogP) is 5.25. The van der Waals surface area contributed by atoms with Crippen LogP contribution in [0.5, 0.6) is 0 Å². The van der Waals surface area contributed by atoms with Crippen molar-refractivity contribution >= 4 is 11.8 Å². The molecule has 0 bridgehead atoms. The molecule has 2 N–H and O–H groups in total. The molecule has 3 aromatic carbocycles. The maximum atomic E-state index is 6.20. The average Bonchev–Trinajstić information content (AvgIpc) is 2.56. The molecule has 0 aliphatic rings. The van der Waals surface area contributed by atoms with E-state index in [0.29, 0.717) is 0 Å². The molecular weight excluding hydrogens is 254 g/mol. The molecule has 3 aromatic rings. The molecule has 0 aliphatic carbocycles. The third-order valence-corrected chi connectivity index (χ3v) is 3.66. The van der Waals surface area contributed by atoms with Gasteiger partial charge in [-0.1, -0.05) is 85.5 Å². The number of hydrogen-bond donors (Lipinski definition) is 1. The van der Waals surface area contributed by atoms with Crippen LogP contribution in [-0.2, 0) is 0 Å². The minimum atomic E-state index is 0.778. The van der Waals surface area contributed by atoms with Crippen LogP contribution in [0.4, 0.5) is 5.69 Å². The van der Waals surface area contributed by atoms with Crippen LogP contribution in [0.25, 0.3) is 28.3 Å². The van der Waals surface area contributed by atoms with Crippen LogP contribution in [0.15, 0.2) is 79.4 Å². The highest BCUT2D eigenvalue weighted by molar-refractivity contribution is 5.83. The minimum Gasteiger partial charge on any atom is -0.398 e. The Morgan fingerprint density at radius 3 is 1.95 bits per heavy atom.